The number of rotatable bonds is 3. The quantitative estimate of drug-likeness (QED) is 0.366. The average molecular weight is 430 g/mol. The van der Waals surface area contributed by atoms with E-state index < -0.39 is 16.8 Å². The lowest BCUT2D eigenvalue weighted by Gasteiger charge is -2.60. The molecular formula is C24H31NO6. The molecule has 0 unspecified atom stereocenters. The lowest BCUT2D eigenvalue weighted by Crippen LogP contribution is -2.54. The van der Waals surface area contributed by atoms with Gasteiger partial charge in [-0.25, -0.2) is 4.79 Å². The average Bonchev–Trinajstić information content (AvgIpc) is 3.34. The molecule has 1 aromatic heterocycles. The third-order valence-electron chi connectivity index (χ3n) is 9.57. The first-order chi connectivity index (χ1) is 14.7. The Kier molecular flexibility index (Phi) is 4.79. The lowest BCUT2D eigenvalue weighted by molar-refractivity contribution is -0.402. The second-order valence-corrected chi connectivity index (χ2v) is 10.8. The van der Waals surface area contributed by atoms with E-state index in [4.69, 9.17) is 9.15 Å². The number of carbonyl (C=O) groups is 2. The van der Waals surface area contributed by atoms with E-state index >= 15 is 0 Å². The summed E-state index contributed by atoms with van der Waals surface area (Å²) in [4.78, 5) is 35.1. The van der Waals surface area contributed by atoms with Gasteiger partial charge >= 0.3 is 11.9 Å². The predicted molar refractivity (Wildman–Crippen MR) is 111 cm³/mol. The Balaban J connectivity index is 1.26. The fourth-order valence-electron chi connectivity index (χ4n) is 7.84. The van der Waals surface area contributed by atoms with Crippen molar-refractivity contribution in [2.75, 3.05) is 0 Å². The molecule has 4 saturated carbocycles. The second-order valence-electron chi connectivity index (χ2n) is 10.8. The Morgan fingerprint density at radius 3 is 2.68 bits per heavy atom. The summed E-state index contributed by atoms with van der Waals surface area (Å²) in [6.07, 6.45) is 8.77. The van der Waals surface area contributed by atoms with Gasteiger partial charge in [0.05, 0.1) is 6.07 Å². The van der Waals surface area contributed by atoms with Crippen molar-refractivity contribution in [2.24, 2.45) is 34.5 Å². The number of ketones is 1. The maximum atomic E-state index is 12.6. The zero-order valence-corrected chi connectivity index (χ0v) is 18.3. The van der Waals surface area contributed by atoms with Crippen LogP contribution in [-0.2, 0) is 9.53 Å². The maximum Gasteiger partial charge on any atom is 0.433 e. The van der Waals surface area contributed by atoms with Gasteiger partial charge in [0.1, 0.15) is 16.8 Å². The first kappa shape index (κ1) is 20.7. The van der Waals surface area contributed by atoms with Crippen molar-refractivity contribution in [1.29, 1.82) is 0 Å². The van der Waals surface area contributed by atoms with Crippen molar-refractivity contribution in [3.8, 4) is 0 Å². The standard InChI is InChI=1S/C24H31NO6/c1-23-11-9-15(30-22(27)19-6-8-21(31-19)25(28)29)13-14(23)3-4-16-17-5-7-20(26)24(17,2)12-10-18(16)23/h6,8,14-18H,3-5,7,9-13H2,1-2H3/t14-,15-,16-,17-,18-,23-,24-/m0/s1. The Bertz CT molecular complexity index is 923. The van der Waals surface area contributed by atoms with E-state index in [9.17, 15) is 19.7 Å². The van der Waals surface area contributed by atoms with Crippen LogP contribution < -0.4 is 0 Å². The number of ether oxygens (including phenoxy) is 1. The molecule has 4 aliphatic rings. The topological polar surface area (TPSA) is 99.7 Å². The van der Waals surface area contributed by atoms with Crippen molar-refractivity contribution in [3.63, 3.8) is 0 Å². The van der Waals surface area contributed by atoms with Crippen molar-refractivity contribution in [3.05, 3.63) is 28.0 Å². The van der Waals surface area contributed by atoms with E-state index in [1.807, 2.05) is 0 Å². The highest BCUT2D eigenvalue weighted by Gasteiger charge is 2.60. The molecular weight excluding hydrogens is 398 g/mol. The minimum Gasteiger partial charge on any atom is -0.457 e. The highest BCUT2D eigenvalue weighted by Crippen LogP contribution is 2.65. The number of carbonyl (C=O) groups excluding carboxylic acids is 2. The van der Waals surface area contributed by atoms with Crippen LogP contribution in [0.3, 0.4) is 0 Å². The molecule has 0 amide bonds. The summed E-state index contributed by atoms with van der Waals surface area (Å²) >= 11 is 0. The summed E-state index contributed by atoms with van der Waals surface area (Å²) < 4.78 is 10.7. The molecule has 0 saturated heterocycles. The minimum atomic E-state index is -0.658. The van der Waals surface area contributed by atoms with E-state index in [2.05, 4.69) is 13.8 Å². The number of hydrogen-bond donors (Lipinski definition) is 0. The molecule has 4 fully saturated rings. The highest BCUT2D eigenvalue weighted by molar-refractivity contribution is 5.87. The number of nitro groups is 1. The molecule has 168 valence electrons. The third-order valence-corrected chi connectivity index (χ3v) is 9.57. The Hall–Kier alpha value is -2.18. The van der Waals surface area contributed by atoms with Crippen molar-refractivity contribution >= 4 is 17.6 Å². The first-order valence-corrected chi connectivity index (χ1v) is 11.7. The minimum absolute atomic E-state index is 0.0945. The van der Waals surface area contributed by atoms with Gasteiger partial charge in [-0.1, -0.05) is 13.8 Å². The zero-order valence-electron chi connectivity index (χ0n) is 18.3. The van der Waals surface area contributed by atoms with Crippen LogP contribution in [0.2, 0.25) is 0 Å². The van der Waals surface area contributed by atoms with Gasteiger partial charge in [-0.05, 0) is 86.5 Å². The summed E-state index contributed by atoms with van der Waals surface area (Å²) in [5.41, 5.74) is 0.144. The van der Waals surface area contributed by atoms with Crippen LogP contribution in [0.25, 0.3) is 0 Å². The molecule has 1 heterocycles. The van der Waals surface area contributed by atoms with E-state index in [0.717, 1.165) is 51.4 Å². The zero-order chi connectivity index (χ0) is 22.0. The summed E-state index contributed by atoms with van der Waals surface area (Å²) in [5.74, 6) is 1.66. The number of esters is 1. The van der Waals surface area contributed by atoms with Crippen LogP contribution in [0, 0.1) is 44.6 Å². The van der Waals surface area contributed by atoms with Gasteiger partial charge in [0.15, 0.2) is 0 Å². The molecule has 0 aromatic carbocycles. The molecule has 31 heavy (non-hydrogen) atoms. The van der Waals surface area contributed by atoms with Crippen LogP contribution in [0.1, 0.15) is 82.2 Å². The van der Waals surface area contributed by atoms with Gasteiger partial charge in [0.2, 0.25) is 5.76 Å². The van der Waals surface area contributed by atoms with Crippen molar-refractivity contribution < 1.29 is 23.7 Å². The van der Waals surface area contributed by atoms with Gasteiger partial charge in [-0.2, -0.15) is 0 Å². The molecule has 0 aliphatic heterocycles. The summed E-state index contributed by atoms with van der Waals surface area (Å²) in [7, 11) is 0. The van der Waals surface area contributed by atoms with E-state index in [-0.39, 0.29) is 22.7 Å². The molecule has 0 N–H and O–H groups in total. The Labute approximate surface area is 182 Å². The van der Waals surface area contributed by atoms with Crippen LogP contribution in [0.4, 0.5) is 5.88 Å². The van der Waals surface area contributed by atoms with Gasteiger partial charge < -0.3 is 9.15 Å². The Morgan fingerprint density at radius 1 is 1.13 bits per heavy atom. The molecule has 7 heteroatoms. The highest BCUT2D eigenvalue weighted by atomic mass is 16.7. The smallest absolute Gasteiger partial charge is 0.433 e. The number of fused-ring (bicyclic) bond motifs is 5. The molecule has 1 aromatic rings. The predicted octanol–water partition coefficient (Wildman–Crippen LogP) is 5.33. The monoisotopic (exact) mass is 429 g/mol. The van der Waals surface area contributed by atoms with Gasteiger partial charge in [0, 0.05) is 11.8 Å². The molecule has 4 aliphatic carbocycles. The third kappa shape index (κ3) is 3.14. The van der Waals surface area contributed by atoms with Crippen LogP contribution in [0.15, 0.2) is 16.5 Å². The summed E-state index contributed by atoms with van der Waals surface area (Å²) in [6, 6.07) is 2.49. The fourth-order valence-corrected chi connectivity index (χ4v) is 7.84. The fraction of sp³-hybridized carbons (Fsp3) is 0.750. The maximum absolute atomic E-state index is 12.6. The SMILES string of the molecule is C[C@]12CC[C@H](OC(=O)c3ccc([N+](=O)[O-])o3)C[C@@H]1CC[C@@H]1[C@@H]2CC[C@]2(C)C(=O)CC[C@@H]12. The molecule has 0 spiro atoms. The van der Waals surface area contributed by atoms with Crippen molar-refractivity contribution in [1.82, 2.24) is 0 Å². The van der Waals surface area contributed by atoms with Crippen LogP contribution in [-0.4, -0.2) is 22.8 Å². The first-order valence-electron chi connectivity index (χ1n) is 11.7. The lowest BCUT2D eigenvalue weighted by atomic mass is 9.45. The van der Waals surface area contributed by atoms with Gasteiger partial charge in [-0.15, -0.1) is 0 Å². The van der Waals surface area contributed by atoms with E-state index in [1.54, 1.807) is 0 Å². The van der Waals surface area contributed by atoms with Gasteiger partial charge in [-0.3, -0.25) is 14.9 Å². The second kappa shape index (κ2) is 7.17. The van der Waals surface area contributed by atoms with Crippen LogP contribution >= 0.6 is 0 Å². The molecule has 5 rings (SSSR count). The summed E-state index contributed by atoms with van der Waals surface area (Å²) in [5, 5.41) is 10.8. The molecule has 7 atom stereocenters. The number of furan rings is 1. The summed E-state index contributed by atoms with van der Waals surface area (Å²) in [6.45, 7) is 4.65. The normalized spacial score (nSPS) is 41.7. The van der Waals surface area contributed by atoms with Crippen LogP contribution in [0.5, 0.6) is 0 Å². The Morgan fingerprint density at radius 2 is 1.94 bits per heavy atom. The molecule has 0 bridgehead atoms. The molecule has 7 nitrogen and oxygen atoms in total. The number of Topliss-reactive ketones (excluding diaryl/α,β-unsaturated/α-hetero) is 1. The number of hydrogen-bond acceptors (Lipinski definition) is 6. The van der Waals surface area contributed by atoms with E-state index in [0.29, 0.717) is 29.5 Å². The largest absolute Gasteiger partial charge is 0.457 e. The molecule has 0 radical (unpaired) electrons. The van der Waals surface area contributed by atoms with Crippen molar-refractivity contribution in [2.45, 2.75) is 77.7 Å². The number of nitrogens with zero attached hydrogens (tertiary/aromatic N) is 1. The van der Waals surface area contributed by atoms with Gasteiger partial charge in [0.25, 0.3) is 0 Å². The van der Waals surface area contributed by atoms with E-state index in [1.165, 1.54) is 18.6 Å².